The Bertz CT molecular complexity index is 568. The Morgan fingerprint density at radius 2 is 1.19 bits per heavy atom. The second-order valence-electron chi connectivity index (χ2n) is 3.68. The Balaban J connectivity index is 3.98. The standard InChI is InChI=1S/C10H2ClF9O/c11-7(21)3-1-2-4(8(12,13)14)6(10(18,19)20)5(3)9(15,16)17/h1-2H. The van der Waals surface area contributed by atoms with Crippen LogP contribution in [0.15, 0.2) is 12.1 Å². The summed E-state index contributed by atoms with van der Waals surface area (Å²) in [5, 5.41) is -1.96. The first kappa shape index (κ1) is 17.6. The van der Waals surface area contributed by atoms with Crippen LogP contribution in [0.5, 0.6) is 0 Å². The number of rotatable bonds is 1. The molecule has 0 atom stereocenters. The average molecular weight is 345 g/mol. The van der Waals surface area contributed by atoms with E-state index in [1.807, 2.05) is 0 Å². The van der Waals surface area contributed by atoms with Crippen molar-refractivity contribution < 1.29 is 44.3 Å². The molecule has 21 heavy (non-hydrogen) atoms. The van der Waals surface area contributed by atoms with Crippen LogP contribution in [0, 0.1) is 0 Å². The average Bonchev–Trinajstić information content (AvgIpc) is 2.23. The fourth-order valence-electron chi connectivity index (χ4n) is 1.59. The zero-order valence-corrected chi connectivity index (χ0v) is 10.1. The molecule has 0 saturated heterocycles. The summed E-state index contributed by atoms with van der Waals surface area (Å²) in [6.07, 6.45) is -17.5. The third kappa shape index (κ3) is 3.60. The van der Waals surface area contributed by atoms with Crippen molar-refractivity contribution in [3.8, 4) is 0 Å². The van der Waals surface area contributed by atoms with Gasteiger partial charge in [0.15, 0.2) is 0 Å². The highest BCUT2D eigenvalue weighted by Crippen LogP contribution is 2.48. The summed E-state index contributed by atoms with van der Waals surface area (Å²) in [7, 11) is 0. The van der Waals surface area contributed by atoms with E-state index in [0.29, 0.717) is 0 Å². The number of halogens is 10. The summed E-state index contributed by atoms with van der Waals surface area (Å²) >= 11 is 4.72. The van der Waals surface area contributed by atoms with Gasteiger partial charge in [0.25, 0.3) is 5.24 Å². The van der Waals surface area contributed by atoms with Crippen LogP contribution in [0.4, 0.5) is 39.5 Å². The van der Waals surface area contributed by atoms with Crippen molar-refractivity contribution in [3.05, 3.63) is 34.4 Å². The van der Waals surface area contributed by atoms with Gasteiger partial charge in [0, 0.05) is 5.56 Å². The molecule has 0 fully saturated rings. The minimum atomic E-state index is -5.99. The van der Waals surface area contributed by atoms with Gasteiger partial charge in [-0.15, -0.1) is 0 Å². The Hall–Kier alpha value is -1.45. The van der Waals surface area contributed by atoms with E-state index in [-0.39, 0.29) is 12.1 Å². The molecule has 0 saturated carbocycles. The molecule has 11 heteroatoms. The minimum Gasteiger partial charge on any atom is -0.276 e. The lowest BCUT2D eigenvalue weighted by Gasteiger charge is -2.22. The predicted octanol–water partition coefficient (Wildman–Crippen LogP) is 5.12. The molecule has 0 N–H and O–H groups in total. The predicted molar refractivity (Wildman–Crippen MR) is 51.6 cm³/mol. The molecular weight excluding hydrogens is 343 g/mol. The van der Waals surface area contributed by atoms with Crippen LogP contribution >= 0.6 is 11.6 Å². The van der Waals surface area contributed by atoms with E-state index in [1.54, 1.807) is 0 Å². The topological polar surface area (TPSA) is 17.1 Å². The Morgan fingerprint density at radius 1 is 0.762 bits per heavy atom. The van der Waals surface area contributed by atoms with Crippen LogP contribution in [0.3, 0.4) is 0 Å². The number of alkyl halides is 9. The van der Waals surface area contributed by atoms with E-state index in [9.17, 15) is 44.3 Å². The molecule has 1 rings (SSSR count). The van der Waals surface area contributed by atoms with Crippen molar-refractivity contribution >= 4 is 16.8 Å². The molecule has 1 aromatic rings. The number of hydrogen-bond donors (Lipinski definition) is 0. The third-order valence-electron chi connectivity index (χ3n) is 2.29. The lowest BCUT2D eigenvalue weighted by Crippen LogP contribution is -2.25. The highest BCUT2D eigenvalue weighted by Gasteiger charge is 2.51. The highest BCUT2D eigenvalue weighted by molar-refractivity contribution is 6.68. The smallest absolute Gasteiger partial charge is 0.276 e. The molecule has 0 spiro atoms. The minimum absolute atomic E-state index is 0.0454. The summed E-state index contributed by atoms with van der Waals surface area (Å²) in [4.78, 5) is 10.8. The van der Waals surface area contributed by atoms with Crippen LogP contribution < -0.4 is 0 Å². The van der Waals surface area contributed by atoms with E-state index in [2.05, 4.69) is 0 Å². The zero-order valence-electron chi connectivity index (χ0n) is 9.34. The molecule has 0 heterocycles. The summed E-state index contributed by atoms with van der Waals surface area (Å²) in [6.45, 7) is 0. The first-order valence-corrected chi connectivity index (χ1v) is 5.13. The zero-order chi connectivity index (χ0) is 16.8. The van der Waals surface area contributed by atoms with Gasteiger partial charge in [-0.1, -0.05) is 0 Å². The maximum atomic E-state index is 12.7. The highest BCUT2D eigenvalue weighted by atomic mass is 35.5. The number of hydrogen-bond acceptors (Lipinski definition) is 1. The van der Waals surface area contributed by atoms with Crippen LogP contribution in [0.2, 0.25) is 0 Å². The van der Waals surface area contributed by atoms with E-state index < -0.39 is 46.0 Å². The van der Waals surface area contributed by atoms with Crippen LogP contribution in [-0.2, 0) is 18.5 Å². The second-order valence-corrected chi connectivity index (χ2v) is 4.02. The van der Waals surface area contributed by atoms with Gasteiger partial charge < -0.3 is 0 Å². The summed E-state index contributed by atoms with van der Waals surface area (Å²) in [5.41, 5.74) is -10.0. The first-order chi connectivity index (χ1) is 9.17. The van der Waals surface area contributed by atoms with Crippen LogP contribution in [-0.4, -0.2) is 5.24 Å². The third-order valence-corrected chi connectivity index (χ3v) is 2.49. The van der Waals surface area contributed by atoms with Gasteiger partial charge in [0.2, 0.25) is 0 Å². The van der Waals surface area contributed by atoms with E-state index >= 15 is 0 Å². The number of carbonyl (C=O) groups excluding carboxylic acids is 1. The monoisotopic (exact) mass is 344 g/mol. The van der Waals surface area contributed by atoms with Gasteiger partial charge in [-0.05, 0) is 23.7 Å². The number of carbonyl (C=O) groups is 1. The quantitative estimate of drug-likeness (QED) is 0.510. The molecule has 1 aromatic carbocycles. The summed E-state index contributed by atoms with van der Waals surface area (Å²) < 4.78 is 114. The van der Waals surface area contributed by atoms with E-state index in [1.165, 1.54) is 0 Å². The Labute approximate surface area is 115 Å². The summed E-state index contributed by atoms with van der Waals surface area (Å²) in [6, 6.07) is -0.316. The molecule has 0 aliphatic rings. The number of benzene rings is 1. The van der Waals surface area contributed by atoms with Crippen molar-refractivity contribution in [1.82, 2.24) is 0 Å². The lowest BCUT2D eigenvalue weighted by atomic mass is 9.95. The van der Waals surface area contributed by atoms with Gasteiger partial charge in [-0.3, -0.25) is 4.79 Å². The van der Waals surface area contributed by atoms with Gasteiger partial charge in [0.1, 0.15) is 0 Å². The Morgan fingerprint density at radius 3 is 1.48 bits per heavy atom. The molecule has 1 nitrogen and oxygen atoms in total. The van der Waals surface area contributed by atoms with Gasteiger partial charge in [0.05, 0.1) is 16.7 Å². The molecule has 0 unspecified atom stereocenters. The lowest BCUT2D eigenvalue weighted by molar-refractivity contribution is -0.174. The molecular formula is C10H2ClF9O. The molecule has 0 amide bonds. The van der Waals surface area contributed by atoms with Crippen molar-refractivity contribution in [1.29, 1.82) is 0 Å². The van der Waals surface area contributed by atoms with Crippen molar-refractivity contribution in [2.24, 2.45) is 0 Å². The maximum absolute atomic E-state index is 12.7. The first-order valence-electron chi connectivity index (χ1n) is 4.75. The van der Waals surface area contributed by atoms with Gasteiger partial charge in [-0.2, -0.15) is 39.5 Å². The van der Waals surface area contributed by atoms with Crippen molar-refractivity contribution in [2.45, 2.75) is 18.5 Å². The molecule has 0 radical (unpaired) electrons. The van der Waals surface area contributed by atoms with Crippen molar-refractivity contribution in [3.63, 3.8) is 0 Å². The second kappa shape index (κ2) is 5.08. The molecule has 0 aliphatic carbocycles. The molecule has 0 aliphatic heterocycles. The summed E-state index contributed by atoms with van der Waals surface area (Å²) in [5.74, 6) is 0. The van der Waals surface area contributed by atoms with Gasteiger partial charge >= 0.3 is 18.5 Å². The Kier molecular flexibility index (Phi) is 4.25. The van der Waals surface area contributed by atoms with E-state index in [0.717, 1.165) is 0 Å². The maximum Gasteiger partial charge on any atom is 0.417 e. The van der Waals surface area contributed by atoms with Crippen LogP contribution in [0.1, 0.15) is 27.0 Å². The molecule has 118 valence electrons. The SMILES string of the molecule is O=C(Cl)c1ccc(C(F)(F)F)c(C(F)(F)F)c1C(F)(F)F. The molecule has 0 bridgehead atoms. The van der Waals surface area contributed by atoms with Gasteiger partial charge in [-0.25, -0.2) is 0 Å². The largest absolute Gasteiger partial charge is 0.417 e. The normalized spacial score (nSPS) is 13.4. The van der Waals surface area contributed by atoms with Crippen molar-refractivity contribution in [2.75, 3.05) is 0 Å². The van der Waals surface area contributed by atoms with E-state index in [4.69, 9.17) is 11.6 Å². The fraction of sp³-hybridized carbons (Fsp3) is 0.300. The fourth-order valence-corrected chi connectivity index (χ4v) is 1.75. The van der Waals surface area contributed by atoms with Crippen LogP contribution in [0.25, 0.3) is 0 Å². The molecule has 0 aromatic heterocycles.